The van der Waals surface area contributed by atoms with E-state index in [1.165, 1.54) is 0 Å². The van der Waals surface area contributed by atoms with E-state index in [0.717, 1.165) is 5.75 Å². The lowest BCUT2D eigenvalue weighted by Gasteiger charge is -2.23. The second-order valence-corrected chi connectivity index (χ2v) is 4.21. The van der Waals surface area contributed by atoms with E-state index in [9.17, 15) is 0 Å². The first-order chi connectivity index (χ1) is 7.61. The van der Waals surface area contributed by atoms with Crippen molar-refractivity contribution < 1.29 is 14.2 Å². The summed E-state index contributed by atoms with van der Waals surface area (Å²) in [4.78, 5) is 0. The molecule has 0 N–H and O–H groups in total. The standard InChI is InChI=1S/C12H13NO3/c1-12(2,5-6-13)16-9-3-4-10-11(7-9)15-8-14-10/h3-4,7H,5,8H2,1-2H3. The smallest absolute Gasteiger partial charge is 0.231 e. The van der Waals surface area contributed by atoms with E-state index < -0.39 is 5.60 Å². The second-order valence-electron chi connectivity index (χ2n) is 4.21. The molecule has 2 rings (SSSR count). The van der Waals surface area contributed by atoms with Crippen LogP contribution >= 0.6 is 0 Å². The third-order valence-corrected chi connectivity index (χ3v) is 2.24. The highest BCUT2D eigenvalue weighted by molar-refractivity contribution is 5.47. The predicted octanol–water partition coefficient (Wildman–Crippen LogP) is 2.49. The summed E-state index contributed by atoms with van der Waals surface area (Å²) in [5, 5.41) is 8.66. The van der Waals surface area contributed by atoms with Gasteiger partial charge in [0.05, 0.1) is 12.5 Å². The Bertz CT molecular complexity index is 434. The van der Waals surface area contributed by atoms with Crippen molar-refractivity contribution in [2.45, 2.75) is 25.9 Å². The van der Waals surface area contributed by atoms with Crippen molar-refractivity contribution in [1.82, 2.24) is 0 Å². The molecule has 1 aliphatic heterocycles. The molecule has 1 aromatic carbocycles. The predicted molar refractivity (Wildman–Crippen MR) is 57.5 cm³/mol. The van der Waals surface area contributed by atoms with Gasteiger partial charge in [-0.15, -0.1) is 0 Å². The van der Waals surface area contributed by atoms with Gasteiger partial charge in [-0.25, -0.2) is 0 Å². The molecule has 0 aromatic heterocycles. The van der Waals surface area contributed by atoms with Crippen LogP contribution in [0.2, 0.25) is 0 Å². The molecule has 0 fully saturated rings. The van der Waals surface area contributed by atoms with Crippen molar-refractivity contribution in [1.29, 1.82) is 5.26 Å². The van der Waals surface area contributed by atoms with E-state index in [2.05, 4.69) is 6.07 Å². The molecule has 0 saturated heterocycles. The number of benzene rings is 1. The summed E-state index contributed by atoms with van der Waals surface area (Å²) in [7, 11) is 0. The van der Waals surface area contributed by atoms with Crippen LogP contribution in [0.1, 0.15) is 20.3 Å². The van der Waals surface area contributed by atoms with Gasteiger partial charge in [-0.1, -0.05) is 0 Å². The number of nitrogens with zero attached hydrogens (tertiary/aromatic N) is 1. The summed E-state index contributed by atoms with van der Waals surface area (Å²) in [6.07, 6.45) is 0.335. The van der Waals surface area contributed by atoms with Crippen molar-refractivity contribution in [2.24, 2.45) is 0 Å². The fourth-order valence-electron chi connectivity index (χ4n) is 1.49. The fraction of sp³-hybridized carbons (Fsp3) is 0.417. The molecular formula is C12H13NO3. The van der Waals surface area contributed by atoms with Crippen LogP contribution in [0.5, 0.6) is 17.2 Å². The zero-order valence-corrected chi connectivity index (χ0v) is 9.32. The Kier molecular flexibility index (Phi) is 2.61. The average Bonchev–Trinajstić information content (AvgIpc) is 2.63. The van der Waals surface area contributed by atoms with Gasteiger partial charge >= 0.3 is 0 Å². The average molecular weight is 219 g/mol. The number of ether oxygens (including phenoxy) is 3. The highest BCUT2D eigenvalue weighted by Gasteiger charge is 2.21. The lowest BCUT2D eigenvalue weighted by Crippen LogP contribution is -2.27. The van der Waals surface area contributed by atoms with Gasteiger partial charge < -0.3 is 14.2 Å². The summed E-state index contributed by atoms with van der Waals surface area (Å²) in [6, 6.07) is 7.50. The number of nitriles is 1. The zero-order chi connectivity index (χ0) is 11.6. The molecule has 4 nitrogen and oxygen atoms in total. The van der Waals surface area contributed by atoms with Gasteiger partial charge in [-0.2, -0.15) is 5.26 Å². The van der Waals surface area contributed by atoms with Gasteiger partial charge in [0.15, 0.2) is 11.5 Å². The monoisotopic (exact) mass is 219 g/mol. The minimum Gasteiger partial charge on any atom is -0.487 e. The van der Waals surface area contributed by atoms with Crippen LogP contribution in [0.4, 0.5) is 0 Å². The molecule has 0 aliphatic carbocycles. The van der Waals surface area contributed by atoms with Crippen LogP contribution in [0.25, 0.3) is 0 Å². The van der Waals surface area contributed by atoms with Gasteiger partial charge in [0.2, 0.25) is 6.79 Å². The van der Waals surface area contributed by atoms with E-state index in [0.29, 0.717) is 17.9 Å². The lowest BCUT2D eigenvalue weighted by molar-refractivity contribution is 0.114. The molecule has 0 bridgehead atoms. The molecule has 0 atom stereocenters. The first-order valence-corrected chi connectivity index (χ1v) is 5.06. The molecule has 0 saturated carbocycles. The lowest BCUT2D eigenvalue weighted by atomic mass is 10.1. The summed E-state index contributed by atoms with van der Waals surface area (Å²) in [6.45, 7) is 4.00. The Labute approximate surface area is 94.3 Å². The van der Waals surface area contributed by atoms with Gasteiger partial charge in [0.25, 0.3) is 0 Å². The topological polar surface area (TPSA) is 51.5 Å². The van der Waals surface area contributed by atoms with E-state index >= 15 is 0 Å². The van der Waals surface area contributed by atoms with E-state index in [1.54, 1.807) is 12.1 Å². The van der Waals surface area contributed by atoms with Crippen LogP contribution in [0.15, 0.2) is 18.2 Å². The molecular weight excluding hydrogens is 206 g/mol. The molecule has 1 aromatic rings. The third kappa shape index (κ3) is 2.19. The van der Waals surface area contributed by atoms with E-state index in [1.807, 2.05) is 19.9 Å². The minimum absolute atomic E-state index is 0.250. The summed E-state index contributed by atoms with van der Waals surface area (Å²) < 4.78 is 16.2. The van der Waals surface area contributed by atoms with Crippen LogP contribution in [-0.2, 0) is 0 Å². The van der Waals surface area contributed by atoms with Gasteiger partial charge in [0.1, 0.15) is 11.4 Å². The third-order valence-electron chi connectivity index (χ3n) is 2.24. The van der Waals surface area contributed by atoms with Crippen molar-refractivity contribution in [2.75, 3.05) is 6.79 Å². The van der Waals surface area contributed by atoms with Crippen LogP contribution in [0, 0.1) is 11.3 Å². The van der Waals surface area contributed by atoms with Gasteiger partial charge in [-0.05, 0) is 26.0 Å². The van der Waals surface area contributed by atoms with Crippen molar-refractivity contribution >= 4 is 0 Å². The molecule has 16 heavy (non-hydrogen) atoms. The number of rotatable bonds is 3. The van der Waals surface area contributed by atoms with Crippen molar-refractivity contribution in [3.63, 3.8) is 0 Å². The summed E-state index contributed by atoms with van der Waals surface area (Å²) in [5.41, 5.74) is -0.498. The molecule has 84 valence electrons. The Balaban J connectivity index is 2.14. The van der Waals surface area contributed by atoms with Gasteiger partial charge in [0, 0.05) is 6.07 Å². The molecule has 1 aliphatic rings. The van der Waals surface area contributed by atoms with Crippen LogP contribution in [0.3, 0.4) is 0 Å². The fourth-order valence-corrected chi connectivity index (χ4v) is 1.49. The molecule has 0 radical (unpaired) electrons. The zero-order valence-electron chi connectivity index (χ0n) is 9.32. The van der Waals surface area contributed by atoms with Crippen molar-refractivity contribution in [3.05, 3.63) is 18.2 Å². The number of fused-ring (bicyclic) bond motifs is 1. The minimum atomic E-state index is -0.498. The van der Waals surface area contributed by atoms with Crippen LogP contribution < -0.4 is 14.2 Å². The highest BCUT2D eigenvalue weighted by Crippen LogP contribution is 2.36. The maximum atomic E-state index is 8.66. The Hall–Kier alpha value is -1.89. The molecule has 4 heteroatoms. The highest BCUT2D eigenvalue weighted by atomic mass is 16.7. The van der Waals surface area contributed by atoms with Crippen LogP contribution in [-0.4, -0.2) is 12.4 Å². The summed E-state index contributed by atoms with van der Waals surface area (Å²) >= 11 is 0. The largest absolute Gasteiger partial charge is 0.487 e. The normalized spacial score (nSPS) is 13.3. The van der Waals surface area contributed by atoms with Crippen molar-refractivity contribution in [3.8, 4) is 23.3 Å². The van der Waals surface area contributed by atoms with Gasteiger partial charge in [-0.3, -0.25) is 0 Å². The molecule has 1 heterocycles. The Morgan fingerprint density at radius 1 is 1.38 bits per heavy atom. The second kappa shape index (κ2) is 3.93. The maximum Gasteiger partial charge on any atom is 0.231 e. The molecule has 0 spiro atoms. The maximum absolute atomic E-state index is 8.66. The number of hydrogen-bond donors (Lipinski definition) is 0. The molecule has 0 unspecified atom stereocenters. The van der Waals surface area contributed by atoms with E-state index in [-0.39, 0.29) is 6.79 Å². The Morgan fingerprint density at radius 2 is 2.12 bits per heavy atom. The summed E-state index contributed by atoms with van der Waals surface area (Å²) in [5.74, 6) is 2.10. The quantitative estimate of drug-likeness (QED) is 0.783. The Morgan fingerprint density at radius 3 is 2.88 bits per heavy atom. The van der Waals surface area contributed by atoms with E-state index in [4.69, 9.17) is 19.5 Å². The SMILES string of the molecule is CC(C)(CC#N)Oc1ccc2c(c1)OCO2. The first kappa shape index (κ1) is 10.6. The molecule has 0 amide bonds. The number of hydrogen-bond acceptors (Lipinski definition) is 4. The first-order valence-electron chi connectivity index (χ1n) is 5.06.